The summed E-state index contributed by atoms with van der Waals surface area (Å²) in [6, 6.07) is 4.66. The first kappa shape index (κ1) is 12.7. The van der Waals surface area contributed by atoms with Crippen LogP contribution in [-0.2, 0) is 0 Å². The van der Waals surface area contributed by atoms with Gasteiger partial charge in [0.1, 0.15) is 0 Å². The first-order chi connectivity index (χ1) is 7.65. The van der Waals surface area contributed by atoms with Crippen molar-refractivity contribution in [2.75, 3.05) is 7.11 Å². The summed E-state index contributed by atoms with van der Waals surface area (Å²) in [5, 5.41) is 0. The summed E-state index contributed by atoms with van der Waals surface area (Å²) in [5.41, 5.74) is 0.132. The predicted molar refractivity (Wildman–Crippen MR) is 61.4 cm³/mol. The number of methoxy groups -OCH3 is 1. The molecule has 1 aromatic rings. The molecule has 88 valence electrons. The second-order valence-electron chi connectivity index (χ2n) is 3.70. The standard InChI is InChI=1S/C13H17FO2/c1-4-9(5-2)13(15)10-7-6-8-11(16-3)12(10)14/h6-9H,4-5H2,1-3H3. The van der Waals surface area contributed by atoms with Gasteiger partial charge >= 0.3 is 0 Å². The van der Waals surface area contributed by atoms with Crippen molar-refractivity contribution in [2.24, 2.45) is 5.92 Å². The van der Waals surface area contributed by atoms with Gasteiger partial charge in [-0.25, -0.2) is 4.39 Å². The minimum absolute atomic E-state index is 0.110. The van der Waals surface area contributed by atoms with E-state index in [9.17, 15) is 9.18 Å². The number of carbonyl (C=O) groups is 1. The molecule has 0 N–H and O–H groups in total. The van der Waals surface area contributed by atoms with Gasteiger partial charge in [-0.3, -0.25) is 4.79 Å². The molecule has 0 saturated heterocycles. The van der Waals surface area contributed by atoms with Gasteiger partial charge in [-0.05, 0) is 25.0 Å². The summed E-state index contributed by atoms with van der Waals surface area (Å²) in [6.45, 7) is 3.87. The molecule has 0 fully saturated rings. The van der Waals surface area contributed by atoms with E-state index >= 15 is 0 Å². The molecule has 16 heavy (non-hydrogen) atoms. The van der Waals surface area contributed by atoms with Crippen molar-refractivity contribution in [3.63, 3.8) is 0 Å². The quantitative estimate of drug-likeness (QED) is 0.716. The highest BCUT2D eigenvalue weighted by atomic mass is 19.1. The number of ether oxygens (including phenoxy) is 1. The highest BCUT2D eigenvalue weighted by molar-refractivity contribution is 5.98. The highest BCUT2D eigenvalue weighted by Gasteiger charge is 2.21. The first-order valence-corrected chi connectivity index (χ1v) is 5.52. The van der Waals surface area contributed by atoms with Crippen LogP contribution in [0.25, 0.3) is 0 Å². The average molecular weight is 224 g/mol. The van der Waals surface area contributed by atoms with Crippen molar-refractivity contribution in [3.8, 4) is 5.75 Å². The lowest BCUT2D eigenvalue weighted by Gasteiger charge is -2.12. The number of carbonyl (C=O) groups excluding carboxylic acids is 1. The van der Waals surface area contributed by atoms with Crippen molar-refractivity contribution >= 4 is 5.78 Å². The molecule has 1 aromatic carbocycles. The number of halogens is 1. The van der Waals surface area contributed by atoms with Gasteiger partial charge in [-0.1, -0.05) is 19.9 Å². The Morgan fingerprint density at radius 3 is 2.50 bits per heavy atom. The van der Waals surface area contributed by atoms with Crippen LogP contribution < -0.4 is 4.74 Å². The van der Waals surface area contributed by atoms with Gasteiger partial charge in [0.15, 0.2) is 17.3 Å². The molecule has 1 rings (SSSR count). The Bertz CT molecular complexity index is 370. The molecule has 0 aromatic heterocycles. The number of rotatable bonds is 5. The summed E-state index contributed by atoms with van der Waals surface area (Å²) < 4.78 is 18.7. The van der Waals surface area contributed by atoms with Gasteiger partial charge in [-0.2, -0.15) is 0 Å². The van der Waals surface area contributed by atoms with Crippen LogP contribution >= 0.6 is 0 Å². The van der Waals surface area contributed by atoms with E-state index in [-0.39, 0.29) is 23.0 Å². The maximum Gasteiger partial charge on any atom is 0.175 e. The van der Waals surface area contributed by atoms with Crippen LogP contribution in [0.5, 0.6) is 5.75 Å². The maximum absolute atomic E-state index is 13.8. The van der Waals surface area contributed by atoms with E-state index < -0.39 is 5.82 Å². The van der Waals surface area contributed by atoms with Crippen LogP contribution in [0.1, 0.15) is 37.0 Å². The minimum Gasteiger partial charge on any atom is -0.494 e. The van der Waals surface area contributed by atoms with E-state index in [4.69, 9.17) is 4.74 Å². The average Bonchev–Trinajstić information content (AvgIpc) is 2.30. The molecule has 0 bridgehead atoms. The Labute approximate surface area is 95.4 Å². The summed E-state index contributed by atoms with van der Waals surface area (Å²) in [5.74, 6) is -0.679. The fourth-order valence-electron chi connectivity index (χ4n) is 1.74. The predicted octanol–water partition coefficient (Wildman–Crippen LogP) is 3.45. The topological polar surface area (TPSA) is 26.3 Å². The van der Waals surface area contributed by atoms with Gasteiger partial charge in [0.2, 0.25) is 0 Å². The van der Waals surface area contributed by atoms with Gasteiger partial charge in [0.05, 0.1) is 12.7 Å². The third kappa shape index (κ3) is 2.40. The van der Waals surface area contributed by atoms with Gasteiger partial charge in [0, 0.05) is 5.92 Å². The first-order valence-electron chi connectivity index (χ1n) is 5.52. The van der Waals surface area contributed by atoms with E-state index in [1.54, 1.807) is 6.07 Å². The Balaban J connectivity index is 3.08. The number of Topliss-reactive ketones (excluding diaryl/α,β-unsaturated/α-hetero) is 1. The molecule has 0 amide bonds. The fraction of sp³-hybridized carbons (Fsp3) is 0.462. The van der Waals surface area contributed by atoms with Gasteiger partial charge < -0.3 is 4.74 Å². The van der Waals surface area contributed by atoms with Crippen LogP contribution in [0.4, 0.5) is 4.39 Å². The second kappa shape index (κ2) is 5.64. The summed E-state index contributed by atoms with van der Waals surface area (Å²) in [7, 11) is 1.39. The fourth-order valence-corrected chi connectivity index (χ4v) is 1.74. The second-order valence-corrected chi connectivity index (χ2v) is 3.70. The molecule has 0 aliphatic rings. The van der Waals surface area contributed by atoms with Crippen LogP contribution in [-0.4, -0.2) is 12.9 Å². The Kier molecular flexibility index (Phi) is 4.47. The molecule has 0 unspecified atom stereocenters. The highest BCUT2D eigenvalue weighted by Crippen LogP contribution is 2.24. The van der Waals surface area contributed by atoms with Crippen molar-refractivity contribution in [2.45, 2.75) is 26.7 Å². The van der Waals surface area contributed by atoms with Crippen molar-refractivity contribution in [3.05, 3.63) is 29.6 Å². The summed E-state index contributed by atoms with van der Waals surface area (Å²) in [6.07, 6.45) is 1.46. The number of hydrogen-bond donors (Lipinski definition) is 0. The zero-order valence-corrected chi connectivity index (χ0v) is 9.92. The molecule has 0 aliphatic carbocycles. The zero-order chi connectivity index (χ0) is 12.1. The van der Waals surface area contributed by atoms with E-state index in [0.29, 0.717) is 0 Å². The lowest BCUT2D eigenvalue weighted by Crippen LogP contribution is -2.15. The zero-order valence-electron chi connectivity index (χ0n) is 9.92. The lowest BCUT2D eigenvalue weighted by atomic mass is 9.92. The molecule has 0 saturated carbocycles. The van der Waals surface area contributed by atoms with Crippen LogP contribution in [0, 0.1) is 11.7 Å². The van der Waals surface area contributed by atoms with Gasteiger partial charge in [-0.15, -0.1) is 0 Å². The molecule has 0 radical (unpaired) electrons. The Morgan fingerprint density at radius 2 is 2.00 bits per heavy atom. The van der Waals surface area contributed by atoms with Crippen LogP contribution in [0.3, 0.4) is 0 Å². The van der Waals surface area contributed by atoms with Crippen molar-refractivity contribution in [1.29, 1.82) is 0 Å². The van der Waals surface area contributed by atoms with E-state index in [2.05, 4.69) is 0 Å². The molecule has 0 aliphatic heterocycles. The van der Waals surface area contributed by atoms with E-state index in [1.807, 2.05) is 13.8 Å². The third-order valence-corrected chi connectivity index (χ3v) is 2.81. The molecule has 0 heterocycles. The third-order valence-electron chi connectivity index (χ3n) is 2.81. The van der Waals surface area contributed by atoms with Crippen LogP contribution in [0.15, 0.2) is 18.2 Å². The van der Waals surface area contributed by atoms with Crippen molar-refractivity contribution in [1.82, 2.24) is 0 Å². The van der Waals surface area contributed by atoms with Crippen LogP contribution in [0.2, 0.25) is 0 Å². The monoisotopic (exact) mass is 224 g/mol. The Hall–Kier alpha value is -1.38. The molecule has 2 nitrogen and oxygen atoms in total. The largest absolute Gasteiger partial charge is 0.494 e. The van der Waals surface area contributed by atoms with Crippen molar-refractivity contribution < 1.29 is 13.9 Å². The minimum atomic E-state index is -0.554. The van der Waals surface area contributed by atoms with E-state index in [1.165, 1.54) is 19.2 Å². The molecule has 3 heteroatoms. The normalized spacial score (nSPS) is 10.6. The molecule has 0 spiro atoms. The number of benzene rings is 1. The molecular formula is C13H17FO2. The molecular weight excluding hydrogens is 207 g/mol. The number of hydrogen-bond acceptors (Lipinski definition) is 2. The molecule has 0 atom stereocenters. The lowest BCUT2D eigenvalue weighted by molar-refractivity contribution is 0.0908. The van der Waals surface area contributed by atoms with Gasteiger partial charge in [0.25, 0.3) is 0 Å². The SMILES string of the molecule is CCC(CC)C(=O)c1cccc(OC)c1F. The Morgan fingerprint density at radius 1 is 1.38 bits per heavy atom. The summed E-state index contributed by atoms with van der Waals surface area (Å²) >= 11 is 0. The maximum atomic E-state index is 13.8. The van der Waals surface area contributed by atoms with E-state index in [0.717, 1.165) is 12.8 Å². The number of ketones is 1. The summed E-state index contributed by atoms with van der Waals surface area (Å²) in [4.78, 5) is 12.0. The smallest absolute Gasteiger partial charge is 0.175 e.